The van der Waals surface area contributed by atoms with E-state index in [4.69, 9.17) is 10.5 Å². The number of hydrogen-bond donors (Lipinski definition) is 2. The Labute approximate surface area is 182 Å². The van der Waals surface area contributed by atoms with Gasteiger partial charge in [0.15, 0.2) is 11.6 Å². The Balaban J connectivity index is 1.53. The van der Waals surface area contributed by atoms with E-state index in [9.17, 15) is 4.79 Å². The maximum atomic E-state index is 12.1. The highest BCUT2D eigenvalue weighted by Gasteiger charge is 2.22. The number of fused-ring (bicyclic) bond motifs is 1. The third-order valence-corrected chi connectivity index (χ3v) is 5.16. The van der Waals surface area contributed by atoms with Crippen molar-refractivity contribution in [3.8, 4) is 0 Å². The van der Waals surface area contributed by atoms with Crippen LogP contribution in [0.1, 0.15) is 36.2 Å². The van der Waals surface area contributed by atoms with E-state index in [0.29, 0.717) is 35.4 Å². The Hall–Kier alpha value is -3.61. The number of anilines is 5. The highest BCUT2D eigenvalue weighted by Crippen LogP contribution is 2.37. The van der Waals surface area contributed by atoms with Gasteiger partial charge in [0.05, 0.1) is 12.2 Å². The lowest BCUT2D eigenvalue weighted by Gasteiger charge is -2.31. The molecule has 2 heterocycles. The van der Waals surface area contributed by atoms with Crippen molar-refractivity contribution in [3.05, 3.63) is 66.0 Å². The van der Waals surface area contributed by atoms with Crippen LogP contribution >= 0.6 is 0 Å². The highest BCUT2D eigenvalue weighted by atomic mass is 16.5. The molecule has 1 aromatic heterocycles. The topological polar surface area (TPSA) is 93.4 Å². The number of esters is 1. The van der Waals surface area contributed by atoms with E-state index >= 15 is 0 Å². The molecule has 3 aromatic rings. The van der Waals surface area contributed by atoms with Crippen LogP contribution in [0.4, 0.5) is 28.7 Å². The third kappa shape index (κ3) is 4.60. The van der Waals surface area contributed by atoms with Crippen molar-refractivity contribution in [1.82, 2.24) is 9.97 Å². The van der Waals surface area contributed by atoms with Gasteiger partial charge in [-0.2, -0.15) is 0 Å². The first-order valence-electron chi connectivity index (χ1n) is 10.5. The van der Waals surface area contributed by atoms with Gasteiger partial charge in [-0.1, -0.05) is 32.0 Å². The second-order valence-electron chi connectivity index (χ2n) is 8.04. The number of rotatable bonds is 6. The quantitative estimate of drug-likeness (QED) is 0.562. The van der Waals surface area contributed by atoms with E-state index in [1.807, 2.05) is 32.0 Å². The molecule has 0 saturated carbocycles. The van der Waals surface area contributed by atoms with Gasteiger partial charge in [-0.05, 0) is 54.7 Å². The monoisotopic (exact) mass is 417 g/mol. The Kier molecular flexibility index (Phi) is 6.02. The molecule has 0 spiro atoms. The fourth-order valence-corrected chi connectivity index (χ4v) is 3.61. The van der Waals surface area contributed by atoms with Crippen molar-refractivity contribution in [2.24, 2.45) is 5.92 Å². The number of aryl methyl sites for hydroxylation is 1. The summed E-state index contributed by atoms with van der Waals surface area (Å²) < 4.78 is 5.27. The Morgan fingerprint density at radius 2 is 1.94 bits per heavy atom. The predicted octanol–water partition coefficient (Wildman–Crippen LogP) is 4.70. The number of benzene rings is 2. The van der Waals surface area contributed by atoms with Crippen molar-refractivity contribution < 1.29 is 9.53 Å². The Morgan fingerprint density at radius 3 is 2.71 bits per heavy atom. The number of nitrogens with one attached hydrogen (secondary N) is 1. The lowest BCUT2D eigenvalue weighted by molar-refractivity contribution is 0.0459. The van der Waals surface area contributed by atoms with Crippen LogP contribution < -0.4 is 16.0 Å². The molecule has 1 aliphatic rings. The van der Waals surface area contributed by atoms with Crippen molar-refractivity contribution in [3.63, 3.8) is 0 Å². The summed E-state index contributed by atoms with van der Waals surface area (Å²) in [6.07, 6.45) is 3.61. The number of hydrogen-bond acceptors (Lipinski definition) is 7. The molecule has 7 nitrogen and oxygen atoms in total. The molecule has 2 aromatic carbocycles. The molecule has 0 unspecified atom stereocenters. The van der Waals surface area contributed by atoms with Crippen LogP contribution in [0.5, 0.6) is 0 Å². The van der Waals surface area contributed by atoms with Crippen LogP contribution in [0.2, 0.25) is 0 Å². The number of nitrogens with zero attached hydrogens (tertiary/aromatic N) is 3. The second-order valence-corrected chi connectivity index (χ2v) is 8.04. The molecule has 0 aliphatic carbocycles. The number of aromatic nitrogens is 2. The largest absolute Gasteiger partial charge is 0.462 e. The number of ether oxygens (including phenoxy) is 1. The van der Waals surface area contributed by atoms with Crippen LogP contribution in [0, 0.1) is 5.92 Å². The lowest BCUT2D eigenvalue weighted by atomic mass is 10.0. The van der Waals surface area contributed by atoms with Crippen LogP contribution in [0.25, 0.3) is 0 Å². The first kappa shape index (κ1) is 20.7. The van der Waals surface area contributed by atoms with Crippen LogP contribution in [0.3, 0.4) is 0 Å². The minimum Gasteiger partial charge on any atom is -0.462 e. The molecule has 0 fully saturated rings. The molecule has 0 atom stereocenters. The average Bonchev–Trinajstić information content (AvgIpc) is 2.79. The summed E-state index contributed by atoms with van der Waals surface area (Å²) in [7, 11) is 0. The van der Waals surface area contributed by atoms with Gasteiger partial charge in [0, 0.05) is 17.9 Å². The zero-order valence-electron chi connectivity index (χ0n) is 17.8. The molecule has 31 heavy (non-hydrogen) atoms. The maximum Gasteiger partial charge on any atom is 0.338 e. The van der Waals surface area contributed by atoms with Gasteiger partial charge >= 0.3 is 5.97 Å². The van der Waals surface area contributed by atoms with Crippen LogP contribution in [-0.4, -0.2) is 29.1 Å². The Bertz CT molecular complexity index is 1070. The smallest absolute Gasteiger partial charge is 0.338 e. The summed E-state index contributed by atoms with van der Waals surface area (Å²) in [5.74, 6) is 1.20. The SMILES string of the molecule is CC(C)COC(=O)c1ccc(Nc2ncnc(N3CCCc4ccccc43)c2N)cc1. The lowest BCUT2D eigenvalue weighted by Crippen LogP contribution is -2.26. The summed E-state index contributed by atoms with van der Waals surface area (Å²) in [4.78, 5) is 23.0. The molecule has 0 radical (unpaired) electrons. The summed E-state index contributed by atoms with van der Waals surface area (Å²) in [5, 5.41) is 3.24. The van der Waals surface area contributed by atoms with E-state index in [2.05, 4.69) is 38.4 Å². The van der Waals surface area contributed by atoms with Crippen molar-refractivity contribution >= 4 is 34.7 Å². The molecule has 4 rings (SSSR count). The standard InChI is InChI=1S/C24H27N5O2/c1-16(2)14-31-24(30)18-9-11-19(12-10-18)28-22-21(25)23(27-15-26-22)29-13-5-7-17-6-3-4-8-20(17)29/h3-4,6,8-12,15-16H,5,7,13-14,25H2,1-2H3,(H,26,27,28). The number of nitrogen functional groups attached to an aromatic ring is 1. The van der Waals surface area contributed by atoms with Gasteiger partial charge < -0.3 is 20.7 Å². The summed E-state index contributed by atoms with van der Waals surface area (Å²) in [5.41, 5.74) is 10.7. The van der Waals surface area contributed by atoms with Crippen LogP contribution in [-0.2, 0) is 11.2 Å². The average molecular weight is 418 g/mol. The van der Waals surface area contributed by atoms with Crippen molar-refractivity contribution in [1.29, 1.82) is 0 Å². The highest BCUT2D eigenvalue weighted by molar-refractivity contribution is 5.90. The van der Waals surface area contributed by atoms with Gasteiger partial charge in [-0.15, -0.1) is 0 Å². The minimum absolute atomic E-state index is 0.298. The Morgan fingerprint density at radius 1 is 1.16 bits per heavy atom. The predicted molar refractivity (Wildman–Crippen MR) is 123 cm³/mol. The van der Waals surface area contributed by atoms with E-state index in [-0.39, 0.29) is 5.97 Å². The number of para-hydroxylation sites is 1. The normalized spacial score (nSPS) is 13.1. The molecular formula is C24H27N5O2. The zero-order chi connectivity index (χ0) is 21.8. The molecule has 160 valence electrons. The molecule has 0 amide bonds. The molecule has 1 aliphatic heterocycles. The summed E-state index contributed by atoms with van der Waals surface area (Å²) in [6, 6.07) is 15.4. The molecule has 0 saturated heterocycles. The molecule has 7 heteroatoms. The fourth-order valence-electron chi connectivity index (χ4n) is 3.61. The van der Waals surface area contributed by atoms with Gasteiger partial charge in [0.1, 0.15) is 12.0 Å². The van der Waals surface area contributed by atoms with E-state index in [0.717, 1.165) is 30.8 Å². The fraction of sp³-hybridized carbons (Fsp3) is 0.292. The van der Waals surface area contributed by atoms with E-state index in [1.165, 1.54) is 11.9 Å². The number of nitrogens with two attached hydrogens (primary N) is 1. The second kappa shape index (κ2) is 9.04. The number of carbonyl (C=O) groups excluding carboxylic acids is 1. The van der Waals surface area contributed by atoms with E-state index < -0.39 is 0 Å². The van der Waals surface area contributed by atoms with Gasteiger partial charge in [-0.25, -0.2) is 14.8 Å². The van der Waals surface area contributed by atoms with Crippen LogP contribution in [0.15, 0.2) is 54.9 Å². The van der Waals surface area contributed by atoms with Crippen molar-refractivity contribution in [2.45, 2.75) is 26.7 Å². The molecule has 3 N–H and O–H groups in total. The van der Waals surface area contributed by atoms with Gasteiger partial charge in [-0.3, -0.25) is 0 Å². The first-order chi connectivity index (χ1) is 15.0. The van der Waals surface area contributed by atoms with Gasteiger partial charge in [0.2, 0.25) is 0 Å². The summed E-state index contributed by atoms with van der Waals surface area (Å²) >= 11 is 0. The van der Waals surface area contributed by atoms with Crippen molar-refractivity contribution in [2.75, 3.05) is 29.1 Å². The third-order valence-electron chi connectivity index (χ3n) is 5.16. The minimum atomic E-state index is -0.326. The molecule has 0 bridgehead atoms. The van der Waals surface area contributed by atoms with E-state index in [1.54, 1.807) is 12.1 Å². The summed E-state index contributed by atoms with van der Waals surface area (Å²) in [6.45, 7) is 5.26. The maximum absolute atomic E-state index is 12.1. The first-order valence-corrected chi connectivity index (χ1v) is 10.5. The number of carbonyl (C=O) groups is 1. The van der Waals surface area contributed by atoms with Gasteiger partial charge in [0.25, 0.3) is 0 Å². The molecular weight excluding hydrogens is 390 g/mol. The zero-order valence-corrected chi connectivity index (χ0v) is 17.8.